The molecule has 0 saturated heterocycles. The molecule has 0 aliphatic heterocycles. The first-order valence-electron chi connectivity index (χ1n) is 7.55. The van der Waals surface area contributed by atoms with Gasteiger partial charge in [0.1, 0.15) is 11.9 Å². The van der Waals surface area contributed by atoms with Crippen molar-refractivity contribution in [3.8, 4) is 0 Å². The van der Waals surface area contributed by atoms with Gasteiger partial charge in [-0.25, -0.2) is 9.78 Å². The third-order valence-corrected chi connectivity index (χ3v) is 5.25. The number of aryl methyl sites for hydroxylation is 1. The number of fused-ring (bicyclic) bond motifs is 1. The summed E-state index contributed by atoms with van der Waals surface area (Å²) in [5, 5.41) is 11.5. The lowest BCUT2D eigenvalue weighted by Gasteiger charge is -2.24. The van der Waals surface area contributed by atoms with Crippen molar-refractivity contribution >= 4 is 47.3 Å². The Labute approximate surface area is 150 Å². The average Bonchev–Trinajstić information content (AvgIpc) is 2.94. The molecule has 1 atom stereocenters. The predicted molar refractivity (Wildman–Crippen MR) is 99.8 cm³/mol. The van der Waals surface area contributed by atoms with Crippen molar-refractivity contribution in [3.05, 3.63) is 30.1 Å². The number of nitrogens with one attached hydrogen (secondary N) is 2. The molecule has 24 heavy (non-hydrogen) atoms. The summed E-state index contributed by atoms with van der Waals surface area (Å²) in [6.07, 6.45) is 0.699. The summed E-state index contributed by atoms with van der Waals surface area (Å²) in [6.45, 7) is 3.56. The summed E-state index contributed by atoms with van der Waals surface area (Å²) in [6, 6.07) is 6.84. The van der Waals surface area contributed by atoms with Gasteiger partial charge in [0.05, 0.1) is 15.8 Å². The van der Waals surface area contributed by atoms with Crippen LogP contribution >= 0.6 is 24.4 Å². The first-order valence-corrected chi connectivity index (χ1v) is 9.17. The van der Waals surface area contributed by atoms with Crippen LogP contribution in [0.15, 0.2) is 24.3 Å². The van der Waals surface area contributed by atoms with Crippen molar-refractivity contribution < 1.29 is 14.7 Å². The maximum absolute atomic E-state index is 12.3. The van der Waals surface area contributed by atoms with E-state index in [1.165, 1.54) is 11.8 Å². The fourth-order valence-electron chi connectivity index (χ4n) is 2.11. The lowest BCUT2D eigenvalue weighted by Crippen LogP contribution is -2.49. The highest BCUT2D eigenvalue weighted by Crippen LogP contribution is 2.25. The van der Waals surface area contributed by atoms with Crippen LogP contribution in [-0.2, 0) is 16.0 Å². The Kier molecular flexibility index (Phi) is 6.17. The van der Waals surface area contributed by atoms with E-state index in [1.807, 2.05) is 24.3 Å². The van der Waals surface area contributed by atoms with Gasteiger partial charge in [-0.05, 0) is 26.0 Å². The van der Waals surface area contributed by atoms with Crippen LogP contribution in [0.25, 0.3) is 11.0 Å². The third-order valence-electron chi connectivity index (χ3n) is 3.57. The Morgan fingerprint density at radius 3 is 2.75 bits per heavy atom. The molecule has 1 aromatic heterocycles. The van der Waals surface area contributed by atoms with E-state index in [2.05, 4.69) is 27.9 Å². The quantitative estimate of drug-likeness (QED) is 0.536. The molecule has 0 spiro atoms. The van der Waals surface area contributed by atoms with Crippen LogP contribution in [0.4, 0.5) is 0 Å². The van der Waals surface area contributed by atoms with Gasteiger partial charge in [-0.1, -0.05) is 12.1 Å². The van der Waals surface area contributed by atoms with Gasteiger partial charge in [0.25, 0.3) is 0 Å². The third kappa shape index (κ3) is 4.67. The number of thiol groups is 1. The van der Waals surface area contributed by atoms with Crippen molar-refractivity contribution in [2.75, 3.05) is 11.5 Å². The number of hydrogen-bond acceptors (Lipinski definition) is 5. The number of hydrogen-bond donors (Lipinski definition) is 4. The number of amides is 1. The summed E-state index contributed by atoms with van der Waals surface area (Å²) in [7, 11) is 0. The van der Waals surface area contributed by atoms with Crippen molar-refractivity contribution in [1.29, 1.82) is 0 Å². The molecule has 0 radical (unpaired) electrons. The molecular weight excluding hydrogens is 346 g/mol. The summed E-state index contributed by atoms with van der Waals surface area (Å²) in [4.78, 5) is 31.0. The number of aromatic amines is 1. The number of carboxylic acid groups (broad SMARTS) is 1. The molecule has 0 aliphatic carbocycles. The molecule has 1 amide bonds. The topological polar surface area (TPSA) is 95.1 Å². The molecule has 6 nitrogen and oxygen atoms in total. The predicted octanol–water partition coefficient (Wildman–Crippen LogP) is 2.12. The fraction of sp³-hybridized carbons (Fsp3) is 0.438. The van der Waals surface area contributed by atoms with Crippen LogP contribution in [0.1, 0.15) is 19.7 Å². The lowest BCUT2D eigenvalue weighted by molar-refractivity contribution is -0.141. The lowest BCUT2D eigenvalue weighted by atomic mass is 10.2. The number of aromatic nitrogens is 2. The number of thioether (sulfide) groups is 1. The Hall–Kier alpha value is -1.67. The van der Waals surface area contributed by atoms with E-state index in [9.17, 15) is 9.59 Å². The smallest absolute Gasteiger partial charge is 0.327 e. The number of carbonyl (C=O) groups excluding carboxylic acids is 1. The number of H-pyrrole nitrogens is 1. The second-order valence-electron chi connectivity index (χ2n) is 5.86. The molecule has 2 rings (SSSR count). The fourth-order valence-corrected chi connectivity index (χ4v) is 3.35. The second kappa shape index (κ2) is 7.94. The SMILES string of the molecule is CC(C)(SCCc1nc2ccccc2[nH]1)C(=O)N[C@@H](CS)C(=O)O. The van der Waals surface area contributed by atoms with E-state index in [4.69, 9.17) is 5.11 Å². The molecule has 0 saturated carbocycles. The zero-order valence-electron chi connectivity index (χ0n) is 13.6. The van der Waals surface area contributed by atoms with E-state index < -0.39 is 16.8 Å². The number of aliphatic carboxylic acids is 1. The Bertz CT molecular complexity index is 697. The van der Waals surface area contributed by atoms with Crippen LogP contribution in [0, 0.1) is 0 Å². The van der Waals surface area contributed by atoms with Gasteiger partial charge in [-0.15, -0.1) is 11.8 Å². The molecule has 0 unspecified atom stereocenters. The molecule has 1 aromatic carbocycles. The van der Waals surface area contributed by atoms with Crippen LogP contribution in [0.3, 0.4) is 0 Å². The van der Waals surface area contributed by atoms with Gasteiger partial charge in [-0.3, -0.25) is 4.79 Å². The van der Waals surface area contributed by atoms with Crippen molar-refractivity contribution in [2.45, 2.75) is 31.1 Å². The minimum atomic E-state index is -1.08. The second-order valence-corrected chi connectivity index (χ2v) is 7.94. The molecule has 0 bridgehead atoms. The standard InChI is InChI=1S/C16H21N3O3S2/c1-16(2,15(22)19-12(9-23)14(20)21)24-8-7-13-17-10-5-3-4-6-11(10)18-13/h3-6,12,23H,7-9H2,1-2H3,(H,17,18)(H,19,22)(H,20,21)/t12-/m0/s1. The van der Waals surface area contributed by atoms with Crippen LogP contribution in [-0.4, -0.2) is 49.2 Å². The Balaban J connectivity index is 1.89. The number of rotatable bonds is 8. The number of carbonyl (C=O) groups is 2. The van der Waals surface area contributed by atoms with Crippen LogP contribution in [0.5, 0.6) is 0 Å². The minimum Gasteiger partial charge on any atom is -0.480 e. The van der Waals surface area contributed by atoms with E-state index in [0.717, 1.165) is 16.9 Å². The maximum atomic E-state index is 12.3. The van der Waals surface area contributed by atoms with Crippen LogP contribution in [0.2, 0.25) is 0 Å². The highest BCUT2D eigenvalue weighted by atomic mass is 32.2. The average molecular weight is 367 g/mol. The largest absolute Gasteiger partial charge is 0.480 e. The highest BCUT2D eigenvalue weighted by molar-refractivity contribution is 8.01. The van der Waals surface area contributed by atoms with Gasteiger partial charge in [0, 0.05) is 17.9 Å². The monoisotopic (exact) mass is 367 g/mol. The molecular formula is C16H21N3O3S2. The molecule has 2 aromatic rings. The number of para-hydroxylation sites is 2. The van der Waals surface area contributed by atoms with Gasteiger partial charge < -0.3 is 15.4 Å². The Morgan fingerprint density at radius 2 is 2.12 bits per heavy atom. The normalized spacial score (nSPS) is 13.0. The molecule has 8 heteroatoms. The van der Waals surface area contributed by atoms with Gasteiger partial charge >= 0.3 is 5.97 Å². The van der Waals surface area contributed by atoms with Crippen LogP contribution < -0.4 is 5.32 Å². The summed E-state index contributed by atoms with van der Waals surface area (Å²) in [5.41, 5.74) is 1.92. The molecule has 0 fully saturated rings. The zero-order valence-corrected chi connectivity index (χ0v) is 15.3. The Morgan fingerprint density at radius 1 is 1.42 bits per heavy atom. The number of carboxylic acids is 1. The summed E-state index contributed by atoms with van der Waals surface area (Å²) in [5.74, 6) is 0.235. The first kappa shape index (κ1) is 18.7. The van der Waals surface area contributed by atoms with E-state index >= 15 is 0 Å². The molecule has 3 N–H and O–H groups in total. The van der Waals surface area contributed by atoms with E-state index in [0.29, 0.717) is 12.2 Å². The zero-order chi connectivity index (χ0) is 17.7. The maximum Gasteiger partial charge on any atom is 0.327 e. The molecule has 130 valence electrons. The first-order chi connectivity index (χ1) is 11.3. The summed E-state index contributed by atoms with van der Waals surface area (Å²) >= 11 is 5.42. The van der Waals surface area contributed by atoms with E-state index in [1.54, 1.807) is 13.8 Å². The van der Waals surface area contributed by atoms with Crippen molar-refractivity contribution in [3.63, 3.8) is 0 Å². The van der Waals surface area contributed by atoms with Gasteiger partial charge in [-0.2, -0.15) is 12.6 Å². The van der Waals surface area contributed by atoms with Crippen molar-refractivity contribution in [2.24, 2.45) is 0 Å². The van der Waals surface area contributed by atoms with E-state index in [-0.39, 0.29) is 11.7 Å². The highest BCUT2D eigenvalue weighted by Gasteiger charge is 2.31. The van der Waals surface area contributed by atoms with Crippen molar-refractivity contribution in [1.82, 2.24) is 15.3 Å². The number of imidazole rings is 1. The molecule has 0 aliphatic rings. The van der Waals surface area contributed by atoms with Gasteiger partial charge in [0.15, 0.2) is 0 Å². The minimum absolute atomic E-state index is 0.0564. The molecule has 1 heterocycles. The number of benzene rings is 1. The number of nitrogens with zero attached hydrogens (tertiary/aromatic N) is 1. The summed E-state index contributed by atoms with van der Waals surface area (Å²) < 4.78 is -0.733. The van der Waals surface area contributed by atoms with Gasteiger partial charge in [0.2, 0.25) is 5.91 Å².